The molecule has 0 radical (unpaired) electrons. The summed E-state index contributed by atoms with van der Waals surface area (Å²) in [5.74, 6) is -0.611. The van der Waals surface area contributed by atoms with E-state index < -0.39 is 24.1 Å². The molecule has 0 bridgehead atoms. The molecule has 2 amide bonds. The first-order valence-corrected chi connectivity index (χ1v) is 10.9. The summed E-state index contributed by atoms with van der Waals surface area (Å²) in [5, 5.41) is 2.68. The molecule has 170 valence electrons. The number of rotatable bonds is 8. The van der Waals surface area contributed by atoms with Gasteiger partial charge in [0.15, 0.2) is 0 Å². The van der Waals surface area contributed by atoms with Crippen LogP contribution >= 0.6 is 0 Å². The van der Waals surface area contributed by atoms with Gasteiger partial charge in [0.2, 0.25) is 0 Å². The first-order chi connectivity index (χ1) is 15.5. The molecule has 0 aromatic heterocycles. The van der Waals surface area contributed by atoms with Crippen molar-refractivity contribution in [3.05, 3.63) is 71.8 Å². The molecular formula is C25H30N2O5. The fourth-order valence-corrected chi connectivity index (χ4v) is 3.60. The van der Waals surface area contributed by atoms with Gasteiger partial charge in [-0.3, -0.25) is 4.79 Å². The number of carbonyl (C=O) groups is 3. The molecule has 0 spiro atoms. The van der Waals surface area contributed by atoms with E-state index in [-0.39, 0.29) is 25.0 Å². The SMILES string of the molecule is CC(C)COC(=O)NC(C(=O)N1CCCC1C(=O)OCc1ccccc1)c1ccccc1. The maximum Gasteiger partial charge on any atom is 0.408 e. The second-order valence-electron chi connectivity index (χ2n) is 8.26. The van der Waals surface area contributed by atoms with E-state index in [0.29, 0.717) is 24.9 Å². The molecule has 1 aliphatic heterocycles. The van der Waals surface area contributed by atoms with Crippen LogP contribution in [-0.2, 0) is 25.7 Å². The van der Waals surface area contributed by atoms with Crippen molar-refractivity contribution in [2.45, 2.75) is 45.4 Å². The number of hydrogen-bond donors (Lipinski definition) is 1. The van der Waals surface area contributed by atoms with Crippen molar-refractivity contribution < 1.29 is 23.9 Å². The topological polar surface area (TPSA) is 84.9 Å². The Labute approximate surface area is 188 Å². The molecule has 3 rings (SSSR count). The number of alkyl carbamates (subject to hydrolysis) is 1. The van der Waals surface area contributed by atoms with Crippen LogP contribution in [0, 0.1) is 5.92 Å². The fraction of sp³-hybridized carbons (Fsp3) is 0.400. The van der Waals surface area contributed by atoms with Crippen molar-refractivity contribution in [3.63, 3.8) is 0 Å². The molecule has 2 aromatic rings. The Morgan fingerprint density at radius 3 is 2.31 bits per heavy atom. The molecule has 1 aliphatic rings. The molecule has 1 N–H and O–H groups in total. The molecule has 7 nitrogen and oxygen atoms in total. The summed E-state index contributed by atoms with van der Waals surface area (Å²) in [6.45, 7) is 4.70. The van der Waals surface area contributed by atoms with Crippen LogP contribution in [0.1, 0.15) is 43.9 Å². The monoisotopic (exact) mass is 438 g/mol. The van der Waals surface area contributed by atoms with Gasteiger partial charge < -0.3 is 19.7 Å². The highest BCUT2D eigenvalue weighted by Crippen LogP contribution is 2.25. The summed E-state index contributed by atoms with van der Waals surface area (Å²) in [4.78, 5) is 40.1. The van der Waals surface area contributed by atoms with Crippen molar-refractivity contribution in [2.75, 3.05) is 13.2 Å². The fourth-order valence-electron chi connectivity index (χ4n) is 3.60. The predicted molar refractivity (Wildman–Crippen MR) is 119 cm³/mol. The quantitative estimate of drug-likeness (QED) is 0.633. The third-order valence-electron chi connectivity index (χ3n) is 5.22. The van der Waals surface area contributed by atoms with Gasteiger partial charge in [0.1, 0.15) is 18.7 Å². The molecule has 1 heterocycles. The molecule has 2 atom stereocenters. The Balaban J connectivity index is 1.70. The zero-order valence-electron chi connectivity index (χ0n) is 18.5. The number of nitrogens with zero attached hydrogens (tertiary/aromatic N) is 1. The lowest BCUT2D eigenvalue weighted by Crippen LogP contribution is -2.47. The lowest BCUT2D eigenvalue weighted by Gasteiger charge is -2.28. The Morgan fingerprint density at radius 2 is 1.66 bits per heavy atom. The van der Waals surface area contributed by atoms with Crippen LogP contribution in [0.15, 0.2) is 60.7 Å². The van der Waals surface area contributed by atoms with Gasteiger partial charge in [0.25, 0.3) is 5.91 Å². The van der Waals surface area contributed by atoms with Crippen molar-refractivity contribution in [3.8, 4) is 0 Å². The van der Waals surface area contributed by atoms with Crippen LogP contribution in [0.25, 0.3) is 0 Å². The van der Waals surface area contributed by atoms with Crippen molar-refractivity contribution >= 4 is 18.0 Å². The second kappa shape index (κ2) is 11.3. The highest BCUT2D eigenvalue weighted by Gasteiger charge is 2.39. The minimum Gasteiger partial charge on any atom is -0.459 e. The summed E-state index contributed by atoms with van der Waals surface area (Å²) in [5.41, 5.74) is 1.51. The number of ether oxygens (including phenoxy) is 2. The van der Waals surface area contributed by atoms with E-state index in [1.54, 1.807) is 24.3 Å². The number of hydrogen-bond acceptors (Lipinski definition) is 5. The minimum absolute atomic E-state index is 0.153. The van der Waals surface area contributed by atoms with Crippen LogP contribution in [0.5, 0.6) is 0 Å². The van der Waals surface area contributed by atoms with Gasteiger partial charge in [-0.15, -0.1) is 0 Å². The van der Waals surface area contributed by atoms with E-state index in [1.165, 1.54) is 4.90 Å². The Morgan fingerprint density at radius 1 is 1.00 bits per heavy atom. The summed E-state index contributed by atoms with van der Waals surface area (Å²) in [6.07, 6.45) is 0.553. The number of esters is 1. The summed E-state index contributed by atoms with van der Waals surface area (Å²) >= 11 is 0. The van der Waals surface area contributed by atoms with Gasteiger partial charge in [0.05, 0.1) is 6.61 Å². The molecular weight excluding hydrogens is 408 g/mol. The number of likely N-dealkylation sites (tertiary alicyclic amines) is 1. The number of benzene rings is 2. The van der Waals surface area contributed by atoms with E-state index in [4.69, 9.17) is 9.47 Å². The van der Waals surface area contributed by atoms with E-state index in [9.17, 15) is 14.4 Å². The van der Waals surface area contributed by atoms with Crippen LogP contribution in [0.2, 0.25) is 0 Å². The van der Waals surface area contributed by atoms with Gasteiger partial charge in [-0.1, -0.05) is 74.5 Å². The highest BCUT2D eigenvalue weighted by molar-refractivity contribution is 5.91. The number of carbonyl (C=O) groups excluding carboxylic acids is 3. The number of amides is 2. The number of nitrogens with one attached hydrogen (secondary N) is 1. The minimum atomic E-state index is -0.946. The van der Waals surface area contributed by atoms with Crippen LogP contribution in [-0.4, -0.2) is 42.1 Å². The lowest BCUT2D eigenvalue weighted by atomic mass is 10.1. The van der Waals surface area contributed by atoms with Crippen molar-refractivity contribution in [1.82, 2.24) is 10.2 Å². The molecule has 0 saturated carbocycles. The molecule has 2 unspecified atom stereocenters. The standard InChI is InChI=1S/C25H30N2O5/c1-18(2)16-32-25(30)26-22(20-12-7-4-8-13-20)23(28)27-15-9-14-21(27)24(29)31-17-19-10-5-3-6-11-19/h3-8,10-13,18,21-22H,9,14-17H2,1-2H3,(H,26,30). The highest BCUT2D eigenvalue weighted by atomic mass is 16.5. The smallest absolute Gasteiger partial charge is 0.408 e. The third-order valence-corrected chi connectivity index (χ3v) is 5.22. The van der Waals surface area contributed by atoms with Gasteiger partial charge in [0, 0.05) is 6.54 Å². The average Bonchev–Trinajstić information content (AvgIpc) is 3.30. The first kappa shape index (κ1) is 23.3. The van der Waals surface area contributed by atoms with Gasteiger partial charge >= 0.3 is 12.1 Å². The normalized spacial score (nSPS) is 16.5. The molecule has 2 aromatic carbocycles. The zero-order chi connectivity index (χ0) is 22.9. The molecule has 1 fully saturated rings. The first-order valence-electron chi connectivity index (χ1n) is 10.9. The largest absolute Gasteiger partial charge is 0.459 e. The maximum atomic E-state index is 13.5. The van der Waals surface area contributed by atoms with Crippen LogP contribution < -0.4 is 5.32 Å². The second-order valence-corrected chi connectivity index (χ2v) is 8.26. The van der Waals surface area contributed by atoms with Gasteiger partial charge in [-0.25, -0.2) is 9.59 Å². The maximum absolute atomic E-state index is 13.5. The zero-order valence-corrected chi connectivity index (χ0v) is 18.5. The summed E-state index contributed by atoms with van der Waals surface area (Å²) in [6, 6.07) is 16.8. The molecule has 0 aliphatic carbocycles. The Hall–Kier alpha value is -3.35. The van der Waals surface area contributed by atoms with Crippen molar-refractivity contribution in [2.24, 2.45) is 5.92 Å². The Kier molecular flexibility index (Phi) is 8.25. The van der Waals surface area contributed by atoms with Crippen LogP contribution in [0.3, 0.4) is 0 Å². The average molecular weight is 439 g/mol. The van der Waals surface area contributed by atoms with Gasteiger partial charge in [-0.2, -0.15) is 0 Å². The summed E-state index contributed by atoms with van der Waals surface area (Å²) < 4.78 is 10.7. The van der Waals surface area contributed by atoms with E-state index in [2.05, 4.69) is 5.32 Å². The van der Waals surface area contributed by atoms with Crippen LogP contribution in [0.4, 0.5) is 4.79 Å². The van der Waals surface area contributed by atoms with Gasteiger partial charge in [-0.05, 0) is 29.9 Å². The van der Waals surface area contributed by atoms with E-state index in [0.717, 1.165) is 5.56 Å². The predicted octanol–water partition coefficient (Wildman–Crippen LogP) is 3.84. The Bertz CT molecular complexity index is 901. The van der Waals surface area contributed by atoms with Crippen molar-refractivity contribution in [1.29, 1.82) is 0 Å². The lowest BCUT2D eigenvalue weighted by molar-refractivity contribution is -0.155. The molecule has 7 heteroatoms. The summed E-state index contributed by atoms with van der Waals surface area (Å²) in [7, 11) is 0. The van der Waals surface area contributed by atoms with E-state index in [1.807, 2.05) is 50.2 Å². The molecule has 1 saturated heterocycles. The molecule has 32 heavy (non-hydrogen) atoms. The van der Waals surface area contributed by atoms with E-state index >= 15 is 0 Å². The third kappa shape index (κ3) is 6.33.